The van der Waals surface area contributed by atoms with Gasteiger partial charge in [0.15, 0.2) is 0 Å². The Kier molecular flexibility index (Phi) is 5.38. The molecule has 1 aromatic carbocycles. The number of hydrogen-bond donors (Lipinski definition) is 1. The second-order valence-corrected chi connectivity index (χ2v) is 4.10. The van der Waals surface area contributed by atoms with Crippen molar-refractivity contribution >= 4 is 11.6 Å². The molecule has 0 saturated carbocycles. The van der Waals surface area contributed by atoms with Gasteiger partial charge in [0.25, 0.3) is 0 Å². The van der Waals surface area contributed by atoms with Gasteiger partial charge < -0.3 is 5.32 Å². The van der Waals surface area contributed by atoms with Gasteiger partial charge in [-0.1, -0.05) is 30.7 Å². The minimum absolute atomic E-state index is 0.274. The third kappa shape index (κ3) is 3.27. The van der Waals surface area contributed by atoms with Crippen LogP contribution in [0.3, 0.4) is 0 Å². The van der Waals surface area contributed by atoms with Crippen LogP contribution in [-0.4, -0.2) is 6.54 Å². The van der Waals surface area contributed by atoms with Gasteiger partial charge in [0.05, 0.1) is 0 Å². The molecule has 0 amide bonds. The molecule has 0 aliphatic heterocycles. The Morgan fingerprint density at radius 1 is 1.44 bits per heavy atom. The van der Waals surface area contributed by atoms with Crippen molar-refractivity contribution in [2.75, 3.05) is 6.54 Å². The predicted octanol–water partition coefficient (Wildman–Crippen LogP) is 3.71. The maximum Gasteiger partial charge on any atom is 0.0438 e. The molecule has 86 valence electrons. The Morgan fingerprint density at radius 2 is 2.19 bits per heavy atom. The van der Waals surface area contributed by atoms with Crippen LogP contribution in [0, 0.1) is 18.8 Å². The minimum atomic E-state index is 0.274. The topological polar surface area (TPSA) is 12.0 Å². The number of rotatable bonds is 4. The van der Waals surface area contributed by atoms with Gasteiger partial charge in [0.1, 0.15) is 0 Å². The van der Waals surface area contributed by atoms with Crippen LogP contribution in [0.15, 0.2) is 18.2 Å². The summed E-state index contributed by atoms with van der Waals surface area (Å²) >= 11 is 6.13. The Balaban J connectivity index is 2.98. The summed E-state index contributed by atoms with van der Waals surface area (Å²) in [6, 6.07) is 6.31. The van der Waals surface area contributed by atoms with Crippen LogP contribution in [0.2, 0.25) is 5.02 Å². The fourth-order valence-electron chi connectivity index (χ4n) is 1.74. The molecular formula is C14H18ClN. The molecule has 0 fully saturated rings. The first-order valence-electron chi connectivity index (χ1n) is 5.58. The fourth-order valence-corrected chi connectivity index (χ4v) is 1.93. The standard InChI is InChI=1S/C14H18ClN/c1-4-6-10-14(16-5-2)12-8-7-9-13(15)11(12)3/h7-9,14,16H,5,10H2,1-3H3. The van der Waals surface area contributed by atoms with E-state index in [4.69, 9.17) is 11.6 Å². The van der Waals surface area contributed by atoms with Gasteiger partial charge >= 0.3 is 0 Å². The summed E-state index contributed by atoms with van der Waals surface area (Å²) in [6.45, 7) is 6.96. The monoisotopic (exact) mass is 235 g/mol. The highest BCUT2D eigenvalue weighted by atomic mass is 35.5. The van der Waals surface area contributed by atoms with Gasteiger partial charge in [-0.3, -0.25) is 0 Å². The van der Waals surface area contributed by atoms with E-state index in [1.807, 2.05) is 19.1 Å². The summed E-state index contributed by atoms with van der Waals surface area (Å²) in [6.07, 6.45) is 0.825. The molecule has 2 heteroatoms. The second-order valence-electron chi connectivity index (χ2n) is 3.70. The average Bonchev–Trinajstić information content (AvgIpc) is 2.28. The molecule has 0 radical (unpaired) electrons. The number of halogens is 1. The summed E-state index contributed by atoms with van der Waals surface area (Å²) in [5, 5.41) is 4.26. The van der Waals surface area contributed by atoms with E-state index in [-0.39, 0.29) is 6.04 Å². The summed E-state index contributed by atoms with van der Waals surface area (Å²) < 4.78 is 0. The Morgan fingerprint density at radius 3 is 2.81 bits per heavy atom. The highest BCUT2D eigenvalue weighted by Crippen LogP contribution is 2.25. The molecule has 1 unspecified atom stereocenters. The van der Waals surface area contributed by atoms with E-state index in [2.05, 4.69) is 37.1 Å². The van der Waals surface area contributed by atoms with E-state index < -0.39 is 0 Å². The van der Waals surface area contributed by atoms with Crippen LogP contribution in [0.1, 0.15) is 37.4 Å². The van der Waals surface area contributed by atoms with Gasteiger partial charge in [-0.05, 0) is 37.6 Å². The maximum absolute atomic E-state index is 6.13. The summed E-state index contributed by atoms with van der Waals surface area (Å²) in [5.41, 5.74) is 2.39. The van der Waals surface area contributed by atoms with Gasteiger partial charge in [-0.25, -0.2) is 0 Å². The van der Waals surface area contributed by atoms with E-state index in [0.29, 0.717) is 0 Å². The van der Waals surface area contributed by atoms with E-state index in [1.54, 1.807) is 0 Å². The van der Waals surface area contributed by atoms with Crippen LogP contribution in [0.4, 0.5) is 0 Å². The minimum Gasteiger partial charge on any atom is -0.309 e. The molecule has 16 heavy (non-hydrogen) atoms. The number of nitrogens with one attached hydrogen (secondary N) is 1. The normalized spacial score (nSPS) is 11.8. The zero-order valence-electron chi connectivity index (χ0n) is 10.1. The molecule has 1 rings (SSSR count). The molecule has 0 aliphatic rings. The highest BCUT2D eigenvalue weighted by molar-refractivity contribution is 6.31. The SMILES string of the molecule is CC#CCC(NCC)c1cccc(Cl)c1C. The second kappa shape index (κ2) is 6.58. The van der Waals surface area contributed by atoms with Crippen molar-refractivity contribution in [2.24, 2.45) is 0 Å². The molecule has 1 aromatic rings. The van der Waals surface area contributed by atoms with Crippen molar-refractivity contribution in [1.29, 1.82) is 0 Å². The molecule has 0 spiro atoms. The lowest BCUT2D eigenvalue weighted by Crippen LogP contribution is -2.21. The molecule has 0 bridgehead atoms. The Bertz CT molecular complexity index is 401. The lowest BCUT2D eigenvalue weighted by Gasteiger charge is -2.18. The highest BCUT2D eigenvalue weighted by Gasteiger charge is 2.12. The van der Waals surface area contributed by atoms with Crippen LogP contribution >= 0.6 is 11.6 Å². The third-order valence-corrected chi connectivity index (χ3v) is 3.03. The molecule has 0 heterocycles. The van der Waals surface area contributed by atoms with Gasteiger partial charge in [-0.15, -0.1) is 11.8 Å². The van der Waals surface area contributed by atoms with Crippen molar-refractivity contribution in [3.05, 3.63) is 34.3 Å². The summed E-state index contributed by atoms with van der Waals surface area (Å²) in [5.74, 6) is 6.06. The van der Waals surface area contributed by atoms with E-state index in [0.717, 1.165) is 23.6 Å². The van der Waals surface area contributed by atoms with Crippen LogP contribution in [-0.2, 0) is 0 Å². The first kappa shape index (κ1) is 13.1. The molecule has 1 atom stereocenters. The molecule has 1 N–H and O–H groups in total. The first-order valence-corrected chi connectivity index (χ1v) is 5.96. The van der Waals surface area contributed by atoms with Crippen molar-refractivity contribution in [2.45, 2.75) is 33.2 Å². The van der Waals surface area contributed by atoms with Crippen LogP contribution in [0.5, 0.6) is 0 Å². The van der Waals surface area contributed by atoms with Crippen LogP contribution in [0.25, 0.3) is 0 Å². The first-order chi connectivity index (χ1) is 7.70. The smallest absolute Gasteiger partial charge is 0.0438 e. The van der Waals surface area contributed by atoms with Gasteiger partial charge in [0.2, 0.25) is 0 Å². The number of hydrogen-bond acceptors (Lipinski definition) is 1. The van der Waals surface area contributed by atoms with Crippen molar-refractivity contribution in [1.82, 2.24) is 5.32 Å². The number of benzene rings is 1. The Labute approximate surface area is 103 Å². The average molecular weight is 236 g/mol. The molecule has 1 nitrogen and oxygen atoms in total. The zero-order chi connectivity index (χ0) is 12.0. The van der Waals surface area contributed by atoms with Crippen molar-refractivity contribution in [3.63, 3.8) is 0 Å². The van der Waals surface area contributed by atoms with Crippen LogP contribution < -0.4 is 5.32 Å². The summed E-state index contributed by atoms with van der Waals surface area (Å²) in [4.78, 5) is 0. The summed E-state index contributed by atoms with van der Waals surface area (Å²) in [7, 11) is 0. The predicted molar refractivity (Wildman–Crippen MR) is 70.7 cm³/mol. The zero-order valence-corrected chi connectivity index (χ0v) is 10.9. The molecule has 0 aromatic heterocycles. The lowest BCUT2D eigenvalue weighted by atomic mass is 9.99. The fraction of sp³-hybridized carbons (Fsp3) is 0.429. The molecule has 0 saturated heterocycles. The largest absolute Gasteiger partial charge is 0.309 e. The molecule has 0 aliphatic carbocycles. The maximum atomic E-state index is 6.13. The molecular weight excluding hydrogens is 218 g/mol. The van der Waals surface area contributed by atoms with E-state index in [9.17, 15) is 0 Å². The van der Waals surface area contributed by atoms with Gasteiger partial charge in [-0.2, -0.15) is 0 Å². The lowest BCUT2D eigenvalue weighted by molar-refractivity contribution is 0.562. The Hall–Kier alpha value is -0.970. The van der Waals surface area contributed by atoms with Gasteiger partial charge in [0, 0.05) is 17.5 Å². The van der Waals surface area contributed by atoms with Crippen molar-refractivity contribution in [3.8, 4) is 11.8 Å². The quantitative estimate of drug-likeness (QED) is 0.785. The van der Waals surface area contributed by atoms with E-state index >= 15 is 0 Å². The van der Waals surface area contributed by atoms with Crippen molar-refractivity contribution < 1.29 is 0 Å². The third-order valence-electron chi connectivity index (χ3n) is 2.62. The van der Waals surface area contributed by atoms with E-state index in [1.165, 1.54) is 5.56 Å².